The predicted molar refractivity (Wildman–Crippen MR) is 71.0 cm³/mol. The Morgan fingerprint density at radius 3 is 2.28 bits per heavy atom. The van der Waals surface area contributed by atoms with Gasteiger partial charge in [0.1, 0.15) is 0 Å². The Balaban J connectivity index is 1.97. The summed E-state index contributed by atoms with van der Waals surface area (Å²) < 4.78 is 0. The van der Waals surface area contributed by atoms with E-state index >= 15 is 0 Å². The van der Waals surface area contributed by atoms with Gasteiger partial charge in [0.15, 0.2) is 0 Å². The van der Waals surface area contributed by atoms with E-state index in [0.717, 1.165) is 18.7 Å². The van der Waals surface area contributed by atoms with E-state index in [9.17, 15) is 4.79 Å². The second-order valence-electron chi connectivity index (χ2n) is 4.54. The number of carboxylic acid groups (broad SMARTS) is 1. The highest BCUT2D eigenvalue weighted by molar-refractivity contribution is 5.89. The van der Waals surface area contributed by atoms with Crippen molar-refractivity contribution < 1.29 is 9.90 Å². The number of rotatable bonds is 3. The van der Waals surface area contributed by atoms with Crippen molar-refractivity contribution in [1.29, 1.82) is 0 Å². The van der Waals surface area contributed by atoms with Crippen LogP contribution in [0.4, 0.5) is 0 Å². The third kappa shape index (κ3) is 3.58. The minimum atomic E-state index is -0.897. The minimum Gasteiger partial charge on any atom is -0.478 e. The van der Waals surface area contributed by atoms with E-state index in [1.165, 1.54) is 25.7 Å². The number of hydrogen-bond acceptors (Lipinski definition) is 3. The lowest BCUT2D eigenvalue weighted by Crippen LogP contribution is -2.18. The summed E-state index contributed by atoms with van der Waals surface area (Å²) in [5.41, 5.74) is 1.24. The molecular weight excluding hydrogens is 228 g/mol. The van der Waals surface area contributed by atoms with Gasteiger partial charge in [0.05, 0.1) is 11.8 Å². The number of hydrazone groups is 1. The van der Waals surface area contributed by atoms with Crippen molar-refractivity contribution in [2.75, 3.05) is 13.1 Å². The first kappa shape index (κ1) is 12.6. The number of benzene rings is 1. The molecule has 4 nitrogen and oxygen atoms in total. The lowest BCUT2D eigenvalue weighted by atomic mass is 10.1. The van der Waals surface area contributed by atoms with E-state index in [1.807, 2.05) is 0 Å². The SMILES string of the molecule is O=C(O)c1ccc(/C=N\N2CCCCCC2)cc1. The van der Waals surface area contributed by atoms with Crippen LogP contribution in [0.15, 0.2) is 29.4 Å². The molecule has 96 valence electrons. The highest BCUT2D eigenvalue weighted by Gasteiger charge is 2.05. The highest BCUT2D eigenvalue weighted by Crippen LogP contribution is 2.10. The zero-order chi connectivity index (χ0) is 12.8. The summed E-state index contributed by atoms with van der Waals surface area (Å²) in [6.07, 6.45) is 6.79. The third-order valence-corrected chi connectivity index (χ3v) is 3.11. The third-order valence-electron chi connectivity index (χ3n) is 3.11. The molecule has 0 spiro atoms. The fourth-order valence-electron chi connectivity index (χ4n) is 2.03. The molecule has 4 heteroatoms. The van der Waals surface area contributed by atoms with E-state index in [4.69, 9.17) is 5.11 Å². The number of carbonyl (C=O) groups is 1. The average molecular weight is 246 g/mol. The van der Waals surface area contributed by atoms with Gasteiger partial charge in [-0.3, -0.25) is 5.01 Å². The van der Waals surface area contributed by atoms with Crippen LogP contribution in [0.3, 0.4) is 0 Å². The smallest absolute Gasteiger partial charge is 0.335 e. The van der Waals surface area contributed by atoms with Crippen molar-refractivity contribution in [3.63, 3.8) is 0 Å². The molecule has 1 fully saturated rings. The Hall–Kier alpha value is -1.84. The number of carboxylic acids is 1. The highest BCUT2D eigenvalue weighted by atomic mass is 16.4. The second kappa shape index (κ2) is 6.19. The maximum absolute atomic E-state index is 10.7. The molecule has 1 aromatic rings. The van der Waals surface area contributed by atoms with Gasteiger partial charge in [-0.1, -0.05) is 25.0 Å². The van der Waals surface area contributed by atoms with Gasteiger partial charge in [-0.05, 0) is 30.5 Å². The summed E-state index contributed by atoms with van der Waals surface area (Å²) in [4.78, 5) is 10.7. The van der Waals surface area contributed by atoms with Crippen molar-refractivity contribution in [3.8, 4) is 0 Å². The van der Waals surface area contributed by atoms with Crippen molar-refractivity contribution in [2.24, 2.45) is 5.10 Å². The van der Waals surface area contributed by atoms with Crippen LogP contribution in [0.2, 0.25) is 0 Å². The Morgan fingerprint density at radius 2 is 1.72 bits per heavy atom. The molecule has 0 atom stereocenters. The first-order valence-electron chi connectivity index (χ1n) is 6.38. The summed E-state index contributed by atoms with van der Waals surface area (Å²) >= 11 is 0. The zero-order valence-electron chi connectivity index (χ0n) is 10.4. The number of hydrogen-bond donors (Lipinski definition) is 1. The monoisotopic (exact) mass is 246 g/mol. The molecule has 0 unspecified atom stereocenters. The van der Waals surface area contributed by atoms with Crippen molar-refractivity contribution in [2.45, 2.75) is 25.7 Å². The maximum atomic E-state index is 10.7. The van der Waals surface area contributed by atoms with Crippen LogP contribution >= 0.6 is 0 Å². The summed E-state index contributed by atoms with van der Waals surface area (Å²) in [6.45, 7) is 2.04. The van der Waals surface area contributed by atoms with E-state index in [1.54, 1.807) is 30.5 Å². The Labute approximate surface area is 107 Å². The Kier molecular flexibility index (Phi) is 4.34. The molecule has 0 bridgehead atoms. The second-order valence-corrected chi connectivity index (χ2v) is 4.54. The van der Waals surface area contributed by atoms with Crippen LogP contribution in [0.25, 0.3) is 0 Å². The molecule has 1 aliphatic heterocycles. The topological polar surface area (TPSA) is 52.9 Å². The van der Waals surface area contributed by atoms with Crippen molar-refractivity contribution in [1.82, 2.24) is 5.01 Å². The van der Waals surface area contributed by atoms with Crippen LogP contribution < -0.4 is 0 Å². The molecule has 1 N–H and O–H groups in total. The molecule has 0 radical (unpaired) electrons. The molecule has 1 heterocycles. The molecule has 0 amide bonds. The molecule has 18 heavy (non-hydrogen) atoms. The molecule has 1 aromatic carbocycles. The van der Waals surface area contributed by atoms with Gasteiger partial charge in [0, 0.05) is 13.1 Å². The van der Waals surface area contributed by atoms with Gasteiger partial charge in [-0.15, -0.1) is 0 Å². The van der Waals surface area contributed by atoms with E-state index in [2.05, 4.69) is 10.1 Å². The van der Waals surface area contributed by atoms with Crippen molar-refractivity contribution >= 4 is 12.2 Å². The minimum absolute atomic E-state index is 0.307. The Bertz CT molecular complexity index is 418. The van der Waals surface area contributed by atoms with Crippen LogP contribution in [-0.4, -0.2) is 35.4 Å². The standard InChI is InChI=1S/C14H18N2O2/c17-14(18)13-7-5-12(6-8-13)11-15-16-9-3-1-2-4-10-16/h5-8,11H,1-4,9-10H2,(H,17,18)/b15-11-. The van der Waals surface area contributed by atoms with Crippen molar-refractivity contribution in [3.05, 3.63) is 35.4 Å². The summed E-state index contributed by atoms with van der Waals surface area (Å²) in [5, 5.41) is 15.3. The molecule has 2 rings (SSSR count). The van der Waals surface area contributed by atoms with Gasteiger partial charge in [-0.25, -0.2) is 4.79 Å². The number of aromatic carboxylic acids is 1. The van der Waals surface area contributed by atoms with Gasteiger partial charge >= 0.3 is 5.97 Å². The fraction of sp³-hybridized carbons (Fsp3) is 0.429. The lowest BCUT2D eigenvalue weighted by Gasteiger charge is -2.15. The van der Waals surface area contributed by atoms with E-state index in [0.29, 0.717) is 5.56 Å². The normalized spacial score (nSPS) is 16.8. The maximum Gasteiger partial charge on any atom is 0.335 e. The van der Waals surface area contributed by atoms with Gasteiger partial charge in [-0.2, -0.15) is 5.10 Å². The van der Waals surface area contributed by atoms with E-state index in [-0.39, 0.29) is 0 Å². The van der Waals surface area contributed by atoms with Gasteiger partial charge in [0.2, 0.25) is 0 Å². The first-order valence-corrected chi connectivity index (χ1v) is 6.38. The largest absolute Gasteiger partial charge is 0.478 e. The molecule has 0 saturated carbocycles. The van der Waals surface area contributed by atoms with Crippen LogP contribution in [0.5, 0.6) is 0 Å². The summed E-state index contributed by atoms with van der Waals surface area (Å²) in [7, 11) is 0. The quantitative estimate of drug-likeness (QED) is 0.834. The fourth-order valence-corrected chi connectivity index (χ4v) is 2.03. The summed E-state index contributed by atoms with van der Waals surface area (Å²) in [6, 6.07) is 6.77. The zero-order valence-corrected chi connectivity index (χ0v) is 10.4. The van der Waals surface area contributed by atoms with Crippen LogP contribution in [0.1, 0.15) is 41.6 Å². The lowest BCUT2D eigenvalue weighted by molar-refractivity contribution is 0.0697. The molecule has 1 saturated heterocycles. The number of nitrogens with zero attached hydrogens (tertiary/aromatic N) is 2. The van der Waals surface area contributed by atoms with Gasteiger partial charge in [0.25, 0.3) is 0 Å². The average Bonchev–Trinajstić information content (AvgIpc) is 2.65. The summed E-state index contributed by atoms with van der Waals surface area (Å²) in [5.74, 6) is -0.897. The molecule has 1 aliphatic rings. The molecule has 0 aromatic heterocycles. The Morgan fingerprint density at radius 1 is 1.11 bits per heavy atom. The molecular formula is C14H18N2O2. The van der Waals surface area contributed by atoms with Crippen LogP contribution in [-0.2, 0) is 0 Å². The predicted octanol–water partition coefficient (Wildman–Crippen LogP) is 2.59. The van der Waals surface area contributed by atoms with Gasteiger partial charge < -0.3 is 5.11 Å². The molecule has 0 aliphatic carbocycles. The van der Waals surface area contributed by atoms with Crippen LogP contribution in [0, 0.1) is 0 Å². The first-order chi connectivity index (χ1) is 8.75. The van der Waals surface area contributed by atoms with E-state index < -0.39 is 5.97 Å².